The lowest BCUT2D eigenvalue weighted by molar-refractivity contribution is 1.36. The van der Waals surface area contributed by atoms with E-state index in [1.165, 1.54) is 0 Å². The minimum absolute atomic E-state index is 0.659. The smallest absolute Gasteiger partial charge is 0.0918 e. The number of thiol groups is 1. The second kappa shape index (κ2) is 3.72. The van der Waals surface area contributed by atoms with Crippen molar-refractivity contribution in [1.29, 1.82) is 5.41 Å². The summed E-state index contributed by atoms with van der Waals surface area (Å²) in [6, 6.07) is 7.39. The summed E-state index contributed by atoms with van der Waals surface area (Å²) >= 11 is 7.44. The average Bonchev–Trinajstić information content (AvgIpc) is 1.95. The van der Waals surface area contributed by atoms with Crippen LogP contribution >= 0.6 is 28.6 Å². The van der Waals surface area contributed by atoms with Gasteiger partial charge < -0.3 is 0 Å². The van der Waals surface area contributed by atoms with Crippen LogP contribution in [0.3, 0.4) is 0 Å². The van der Waals surface area contributed by atoms with Gasteiger partial charge in [-0.3, -0.25) is 0 Å². The predicted octanol–water partition coefficient (Wildman–Crippen LogP) is 3.12. The zero-order valence-corrected chi connectivity index (χ0v) is 7.98. The summed E-state index contributed by atoms with van der Waals surface area (Å²) in [5.41, 5.74) is 0.659. The average molecular weight is 229 g/mol. The summed E-state index contributed by atoms with van der Waals surface area (Å²) in [6.07, 6.45) is 0. The SMILES string of the molecule is N=C=Nc1ccc(Br)cc1S. The number of aliphatic imine (C=N–C) groups is 1. The van der Waals surface area contributed by atoms with Crippen molar-refractivity contribution in [1.82, 2.24) is 0 Å². The minimum Gasteiger partial charge on any atom is -0.241 e. The molecule has 0 aliphatic heterocycles. The molecular formula is C7H5BrN2S. The molecule has 0 aromatic heterocycles. The van der Waals surface area contributed by atoms with E-state index in [9.17, 15) is 0 Å². The fourth-order valence-corrected chi connectivity index (χ4v) is 1.45. The van der Waals surface area contributed by atoms with Crippen LogP contribution in [-0.4, -0.2) is 6.01 Å². The van der Waals surface area contributed by atoms with Crippen molar-refractivity contribution >= 4 is 40.3 Å². The number of rotatable bonds is 1. The number of nitrogens with zero attached hydrogens (tertiary/aromatic N) is 1. The van der Waals surface area contributed by atoms with Gasteiger partial charge >= 0.3 is 0 Å². The Labute approximate surface area is 78.4 Å². The van der Waals surface area contributed by atoms with E-state index < -0.39 is 0 Å². The number of hydrogen-bond donors (Lipinski definition) is 2. The molecule has 0 aliphatic rings. The van der Waals surface area contributed by atoms with Crippen LogP contribution in [0.5, 0.6) is 0 Å². The Bertz CT molecular complexity index is 318. The van der Waals surface area contributed by atoms with E-state index >= 15 is 0 Å². The molecule has 1 rings (SSSR count). The number of benzene rings is 1. The molecule has 0 saturated heterocycles. The first-order valence-electron chi connectivity index (χ1n) is 2.85. The summed E-state index contributed by atoms with van der Waals surface area (Å²) in [6.45, 7) is 0. The highest BCUT2D eigenvalue weighted by atomic mass is 79.9. The second-order valence-corrected chi connectivity index (χ2v) is 3.25. The lowest BCUT2D eigenvalue weighted by Crippen LogP contribution is -1.69. The maximum atomic E-state index is 6.63. The molecule has 0 amide bonds. The van der Waals surface area contributed by atoms with Gasteiger partial charge in [-0.05, 0) is 18.2 Å². The Balaban J connectivity index is 3.19. The topological polar surface area (TPSA) is 36.2 Å². The zero-order chi connectivity index (χ0) is 8.27. The highest BCUT2D eigenvalue weighted by Gasteiger charge is 1.95. The Morgan fingerprint density at radius 3 is 2.82 bits per heavy atom. The van der Waals surface area contributed by atoms with Crippen LogP contribution in [0.4, 0.5) is 5.69 Å². The number of hydrogen-bond acceptors (Lipinski definition) is 3. The monoisotopic (exact) mass is 228 g/mol. The largest absolute Gasteiger partial charge is 0.241 e. The van der Waals surface area contributed by atoms with Gasteiger partial charge in [0, 0.05) is 9.37 Å². The molecule has 11 heavy (non-hydrogen) atoms. The van der Waals surface area contributed by atoms with Gasteiger partial charge in [-0.1, -0.05) is 15.9 Å². The first-order chi connectivity index (χ1) is 5.24. The number of nitrogens with one attached hydrogen (secondary N) is 1. The first-order valence-corrected chi connectivity index (χ1v) is 4.09. The minimum atomic E-state index is 0.659. The molecule has 1 aromatic carbocycles. The normalized spacial score (nSPS) is 8.91. The molecule has 0 heterocycles. The summed E-state index contributed by atoms with van der Waals surface area (Å²) in [5.74, 6) is 0. The van der Waals surface area contributed by atoms with E-state index in [0.29, 0.717) is 5.69 Å². The van der Waals surface area contributed by atoms with Crippen molar-refractivity contribution in [2.24, 2.45) is 4.99 Å². The predicted molar refractivity (Wildman–Crippen MR) is 51.2 cm³/mol. The summed E-state index contributed by atoms with van der Waals surface area (Å²) < 4.78 is 0.950. The van der Waals surface area contributed by atoms with Crippen molar-refractivity contribution in [2.75, 3.05) is 0 Å². The molecule has 1 N–H and O–H groups in total. The van der Waals surface area contributed by atoms with Crippen molar-refractivity contribution < 1.29 is 0 Å². The van der Waals surface area contributed by atoms with E-state index in [-0.39, 0.29) is 0 Å². The second-order valence-electron chi connectivity index (χ2n) is 1.86. The van der Waals surface area contributed by atoms with Gasteiger partial charge in [-0.15, -0.1) is 12.6 Å². The van der Waals surface area contributed by atoms with Gasteiger partial charge in [0.05, 0.1) is 11.7 Å². The third kappa shape index (κ3) is 2.19. The highest BCUT2D eigenvalue weighted by molar-refractivity contribution is 9.10. The summed E-state index contributed by atoms with van der Waals surface area (Å²) in [4.78, 5) is 4.40. The van der Waals surface area contributed by atoms with Gasteiger partial charge in [0.1, 0.15) is 0 Å². The number of halogens is 1. The van der Waals surface area contributed by atoms with Crippen molar-refractivity contribution in [2.45, 2.75) is 4.90 Å². The Morgan fingerprint density at radius 1 is 1.55 bits per heavy atom. The molecule has 0 unspecified atom stereocenters. The quantitative estimate of drug-likeness (QED) is 0.548. The van der Waals surface area contributed by atoms with Crippen LogP contribution < -0.4 is 0 Å². The summed E-state index contributed by atoms with van der Waals surface area (Å²) in [7, 11) is 0. The lowest BCUT2D eigenvalue weighted by atomic mass is 10.3. The van der Waals surface area contributed by atoms with Crippen molar-refractivity contribution in [3.05, 3.63) is 22.7 Å². The van der Waals surface area contributed by atoms with E-state index in [2.05, 4.69) is 33.6 Å². The third-order valence-corrected chi connectivity index (χ3v) is 1.97. The maximum absolute atomic E-state index is 6.63. The van der Waals surface area contributed by atoms with Crippen LogP contribution in [0.2, 0.25) is 0 Å². The Morgan fingerprint density at radius 2 is 2.27 bits per heavy atom. The molecule has 0 atom stereocenters. The van der Waals surface area contributed by atoms with Crippen LogP contribution in [-0.2, 0) is 0 Å². The van der Waals surface area contributed by atoms with Gasteiger partial charge in [0.25, 0.3) is 0 Å². The standard InChI is InChI=1S/C7H5BrN2S/c8-5-1-2-6(10-4-9)7(11)3-5/h1-3,9,11H. The maximum Gasteiger partial charge on any atom is 0.0918 e. The van der Waals surface area contributed by atoms with E-state index in [4.69, 9.17) is 5.41 Å². The van der Waals surface area contributed by atoms with Crippen molar-refractivity contribution in [3.8, 4) is 0 Å². The first kappa shape index (κ1) is 8.53. The molecule has 56 valence electrons. The van der Waals surface area contributed by atoms with Gasteiger partial charge in [-0.25, -0.2) is 5.41 Å². The zero-order valence-electron chi connectivity index (χ0n) is 5.50. The van der Waals surface area contributed by atoms with Crippen LogP contribution in [0.25, 0.3) is 0 Å². The molecule has 0 radical (unpaired) electrons. The van der Waals surface area contributed by atoms with E-state index in [1.807, 2.05) is 18.1 Å². The lowest BCUT2D eigenvalue weighted by Gasteiger charge is -1.96. The summed E-state index contributed by atoms with van der Waals surface area (Å²) in [5, 5.41) is 6.63. The van der Waals surface area contributed by atoms with Gasteiger partial charge in [0.2, 0.25) is 0 Å². The van der Waals surface area contributed by atoms with E-state index in [1.54, 1.807) is 6.07 Å². The van der Waals surface area contributed by atoms with Gasteiger partial charge in [-0.2, -0.15) is 4.99 Å². The molecular weight excluding hydrogens is 224 g/mol. The molecule has 0 aliphatic carbocycles. The van der Waals surface area contributed by atoms with Crippen LogP contribution in [0.1, 0.15) is 0 Å². The molecule has 4 heteroatoms. The third-order valence-electron chi connectivity index (χ3n) is 1.11. The van der Waals surface area contributed by atoms with Crippen LogP contribution in [0.15, 0.2) is 32.6 Å². The van der Waals surface area contributed by atoms with Gasteiger partial charge in [0.15, 0.2) is 0 Å². The van der Waals surface area contributed by atoms with Crippen molar-refractivity contribution in [3.63, 3.8) is 0 Å². The molecule has 2 nitrogen and oxygen atoms in total. The molecule has 1 aromatic rings. The van der Waals surface area contributed by atoms with E-state index in [0.717, 1.165) is 9.37 Å². The molecule has 0 fully saturated rings. The fourth-order valence-electron chi connectivity index (χ4n) is 0.651. The Hall–Kier alpha value is -0.570. The molecule has 0 spiro atoms. The van der Waals surface area contributed by atoms with Crippen LogP contribution in [0, 0.1) is 5.41 Å². The Kier molecular flexibility index (Phi) is 2.88. The molecule has 0 saturated carbocycles. The molecule has 0 bridgehead atoms. The highest BCUT2D eigenvalue weighted by Crippen LogP contribution is 2.25. The fraction of sp³-hybridized carbons (Fsp3) is 0.